The number of hydrogen-bond acceptors (Lipinski definition) is 1. The largest absolute Gasteiger partial charge is 0.356 e. The molecule has 0 bridgehead atoms. The van der Waals surface area contributed by atoms with Crippen LogP contribution in [0.3, 0.4) is 0 Å². The molecule has 0 heterocycles. The van der Waals surface area contributed by atoms with Gasteiger partial charge >= 0.3 is 7.60 Å². The molecule has 2 N–H and O–H groups in total. The van der Waals surface area contributed by atoms with E-state index < -0.39 is 7.60 Å². The Morgan fingerprint density at radius 2 is 0.909 bits per heavy atom. The van der Waals surface area contributed by atoms with E-state index in [-0.39, 0.29) is 27.0 Å². The lowest BCUT2D eigenvalue weighted by Crippen LogP contribution is -2.19. The van der Waals surface area contributed by atoms with Crippen molar-refractivity contribution >= 4 is 12.9 Å². The molecule has 44 heavy (non-hydrogen) atoms. The Balaban J connectivity index is 2.30. The van der Waals surface area contributed by atoms with Gasteiger partial charge in [-0.15, -0.1) is 0 Å². The molecule has 0 aliphatic carbocycles. The maximum Gasteiger partial charge on any atom is 0.356 e. The predicted octanol–water partition coefficient (Wildman–Crippen LogP) is 10.7. The minimum Gasteiger partial charge on any atom is -0.321 e. The van der Waals surface area contributed by atoms with E-state index >= 15 is 0 Å². The van der Waals surface area contributed by atoms with Crippen LogP contribution in [0.2, 0.25) is 0 Å². The number of hydrogen-bond donors (Lipinski definition) is 2. The molecule has 0 aromatic heterocycles. The second-order valence-corrected chi connectivity index (χ2v) is 17.9. The average Bonchev–Trinajstić information content (AvgIpc) is 2.89. The number of benzene rings is 4. The highest BCUT2D eigenvalue weighted by Gasteiger charge is 2.32. The van der Waals surface area contributed by atoms with Crippen LogP contribution in [0.15, 0.2) is 78.9 Å². The Kier molecular flexibility index (Phi) is 8.81. The molecular formula is C40H51O3P. The van der Waals surface area contributed by atoms with Gasteiger partial charge in [0.05, 0.1) is 5.30 Å². The quantitative estimate of drug-likeness (QED) is 0.226. The minimum atomic E-state index is -4.65. The Morgan fingerprint density at radius 1 is 0.477 bits per heavy atom. The molecule has 4 aromatic carbocycles. The number of rotatable bonds is 4. The smallest absolute Gasteiger partial charge is 0.321 e. The van der Waals surface area contributed by atoms with Gasteiger partial charge < -0.3 is 9.79 Å². The first kappa shape index (κ1) is 33.9. The van der Waals surface area contributed by atoms with Crippen LogP contribution in [0.25, 0.3) is 33.4 Å². The van der Waals surface area contributed by atoms with Crippen molar-refractivity contribution in [2.45, 2.75) is 105 Å². The molecule has 0 amide bonds. The highest BCUT2D eigenvalue weighted by molar-refractivity contribution is 7.60. The standard InChI is InChI=1S/C40H51O3P/c1-37(2,3)27-18-20-29(32(24-27)39(7,8)9)30-22-23-34(44(41,42)43)35(26-16-14-13-15-17-26)36(30)31-21-19-28(38(4,5)6)25-33(31)40(10,11)12/h13-25H,1-12H3,(H2,41,42,43). The van der Waals surface area contributed by atoms with Crippen LogP contribution >= 0.6 is 7.60 Å². The molecule has 0 saturated carbocycles. The van der Waals surface area contributed by atoms with E-state index in [9.17, 15) is 14.4 Å². The maximum atomic E-state index is 13.2. The molecule has 0 unspecified atom stereocenters. The van der Waals surface area contributed by atoms with Crippen molar-refractivity contribution in [2.24, 2.45) is 0 Å². The summed E-state index contributed by atoms with van der Waals surface area (Å²) < 4.78 is 13.2. The highest BCUT2D eigenvalue weighted by atomic mass is 31.2. The van der Waals surface area contributed by atoms with Gasteiger partial charge in [-0.25, -0.2) is 0 Å². The summed E-state index contributed by atoms with van der Waals surface area (Å²) in [6.45, 7) is 26.7. The first-order valence-corrected chi connectivity index (χ1v) is 17.2. The molecule has 0 spiro atoms. The maximum absolute atomic E-state index is 13.2. The van der Waals surface area contributed by atoms with Crippen molar-refractivity contribution < 1.29 is 14.4 Å². The molecule has 0 saturated heterocycles. The molecule has 0 radical (unpaired) electrons. The Morgan fingerprint density at radius 3 is 1.34 bits per heavy atom. The molecule has 3 nitrogen and oxygen atoms in total. The molecule has 4 rings (SSSR count). The van der Waals surface area contributed by atoms with Gasteiger partial charge in [0, 0.05) is 5.56 Å². The first-order chi connectivity index (χ1) is 20.0. The molecule has 0 fully saturated rings. The van der Waals surface area contributed by atoms with Crippen molar-refractivity contribution in [3.8, 4) is 33.4 Å². The van der Waals surface area contributed by atoms with Gasteiger partial charge in [0.1, 0.15) is 0 Å². The second-order valence-electron chi connectivity index (χ2n) is 16.3. The first-order valence-electron chi connectivity index (χ1n) is 15.6. The van der Waals surface area contributed by atoms with Crippen LogP contribution in [-0.4, -0.2) is 9.79 Å². The zero-order valence-corrected chi connectivity index (χ0v) is 29.6. The van der Waals surface area contributed by atoms with Gasteiger partial charge in [-0.1, -0.05) is 156 Å². The zero-order valence-electron chi connectivity index (χ0n) is 28.8. The van der Waals surface area contributed by atoms with E-state index in [1.165, 1.54) is 16.7 Å². The van der Waals surface area contributed by atoms with E-state index in [0.29, 0.717) is 5.56 Å². The molecule has 0 aliphatic heterocycles. The summed E-state index contributed by atoms with van der Waals surface area (Å²) in [6, 6.07) is 26.7. The van der Waals surface area contributed by atoms with Crippen molar-refractivity contribution in [3.63, 3.8) is 0 Å². The Bertz CT molecular complexity index is 1710. The third kappa shape index (κ3) is 6.96. The lowest BCUT2D eigenvalue weighted by Gasteiger charge is -2.32. The molecule has 4 heteroatoms. The lowest BCUT2D eigenvalue weighted by atomic mass is 9.73. The van der Waals surface area contributed by atoms with Crippen LogP contribution in [0.1, 0.15) is 105 Å². The summed E-state index contributed by atoms with van der Waals surface area (Å²) in [6.07, 6.45) is 0. The molecule has 0 aliphatic rings. The van der Waals surface area contributed by atoms with E-state index in [1.54, 1.807) is 6.07 Å². The summed E-state index contributed by atoms with van der Waals surface area (Å²) in [5, 5.41) is 0.0471. The summed E-state index contributed by atoms with van der Waals surface area (Å²) in [5.74, 6) is 0. The SMILES string of the molecule is CC(C)(C)c1ccc(-c2ccc(P(=O)(O)O)c(-c3ccccc3)c2-c2ccc(C(C)(C)C)cc2C(C)(C)C)c(C(C)(C)C)c1. The van der Waals surface area contributed by atoms with Gasteiger partial charge in [0.15, 0.2) is 0 Å². The molecular weight excluding hydrogens is 559 g/mol. The Labute approximate surface area is 265 Å². The van der Waals surface area contributed by atoms with Gasteiger partial charge in [-0.3, -0.25) is 4.57 Å². The van der Waals surface area contributed by atoms with Crippen molar-refractivity contribution in [1.82, 2.24) is 0 Å². The normalized spacial score (nSPS) is 13.3. The highest BCUT2D eigenvalue weighted by Crippen LogP contribution is 2.50. The fourth-order valence-electron chi connectivity index (χ4n) is 5.95. The summed E-state index contributed by atoms with van der Waals surface area (Å²) >= 11 is 0. The minimum absolute atomic E-state index is 0.0248. The monoisotopic (exact) mass is 610 g/mol. The van der Waals surface area contributed by atoms with Crippen LogP contribution in [0, 0.1) is 0 Å². The van der Waals surface area contributed by atoms with Gasteiger partial charge in [-0.2, -0.15) is 0 Å². The van der Waals surface area contributed by atoms with Crippen LogP contribution in [0.4, 0.5) is 0 Å². The molecule has 4 aromatic rings. The predicted molar refractivity (Wildman–Crippen MR) is 189 cm³/mol. The summed E-state index contributed by atoms with van der Waals surface area (Å²) in [7, 11) is -4.65. The van der Waals surface area contributed by atoms with E-state index in [0.717, 1.165) is 33.4 Å². The average molecular weight is 611 g/mol. The molecule has 234 valence electrons. The zero-order chi connectivity index (χ0) is 33.0. The third-order valence-electron chi connectivity index (χ3n) is 8.51. The van der Waals surface area contributed by atoms with Crippen LogP contribution < -0.4 is 5.30 Å². The van der Waals surface area contributed by atoms with Crippen molar-refractivity contribution in [3.05, 3.63) is 101 Å². The lowest BCUT2D eigenvalue weighted by molar-refractivity contribution is 0.387. The van der Waals surface area contributed by atoms with E-state index in [4.69, 9.17) is 0 Å². The molecule has 0 atom stereocenters. The third-order valence-corrected chi connectivity index (χ3v) is 9.51. The summed E-state index contributed by atoms with van der Waals surface area (Å²) in [4.78, 5) is 21.5. The fraction of sp³-hybridized carbons (Fsp3) is 0.400. The van der Waals surface area contributed by atoms with Crippen LogP contribution in [0.5, 0.6) is 0 Å². The van der Waals surface area contributed by atoms with E-state index in [2.05, 4.69) is 119 Å². The van der Waals surface area contributed by atoms with Gasteiger partial charge in [0.2, 0.25) is 0 Å². The van der Waals surface area contributed by atoms with Gasteiger partial charge in [0.25, 0.3) is 0 Å². The summed E-state index contributed by atoms with van der Waals surface area (Å²) in [5.41, 5.74) is 9.62. The van der Waals surface area contributed by atoms with Crippen molar-refractivity contribution in [2.75, 3.05) is 0 Å². The fourth-order valence-corrected chi connectivity index (χ4v) is 6.75. The van der Waals surface area contributed by atoms with E-state index in [1.807, 2.05) is 36.4 Å². The topological polar surface area (TPSA) is 57.5 Å². The van der Waals surface area contributed by atoms with Gasteiger partial charge in [-0.05, 0) is 77.8 Å². The van der Waals surface area contributed by atoms with Crippen molar-refractivity contribution in [1.29, 1.82) is 0 Å². The van der Waals surface area contributed by atoms with Crippen LogP contribution in [-0.2, 0) is 26.2 Å². The second kappa shape index (κ2) is 11.4. The Hall–Kier alpha value is -2.97.